The first-order chi connectivity index (χ1) is 6.54. The van der Waals surface area contributed by atoms with E-state index in [0.717, 1.165) is 4.91 Å². The number of allylic oxidation sites excluding steroid dienone is 4. The molecule has 1 unspecified atom stereocenters. The summed E-state index contributed by atoms with van der Waals surface area (Å²) in [6, 6.07) is 0.430. The Kier molecular flexibility index (Phi) is 3.87. The van der Waals surface area contributed by atoms with Gasteiger partial charge in [-0.1, -0.05) is 26.0 Å². The van der Waals surface area contributed by atoms with Crippen molar-refractivity contribution in [2.24, 2.45) is 5.92 Å². The molecule has 2 heteroatoms. The zero-order valence-corrected chi connectivity index (χ0v) is 10.3. The van der Waals surface area contributed by atoms with Crippen LogP contribution in [0.2, 0.25) is 0 Å². The van der Waals surface area contributed by atoms with Crippen LogP contribution >= 0.6 is 12.6 Å². The van der Waals surface area contributed by atoms with Crippen molar-refractivity contribution in [2.45, 2.75) is 33.7 Å². The molecule has 0 amide bonds. The highest BCUT2D eigenvalue weighted by Gasteiger charge is 2.17. The molecule has 78 valence electrons. The Morgan fingerprint density at radius 1 is 1.36 bits per heavy atom. The standard InChI is InChI=1S/C12H19NS/c1-9(2)12(11(4)14)13-8-6-5-7-10(13)3/h5-10,14H,1-4H3/b12-11+. The molecule has 14 heavy (non-hydrogen) atoms. The van der Waals surface area contributed by atoms with Crippen LogP contribution in [0.4, 0.5) is 0 Å². The van der Waals surface area contributed by atoms with Gasteiger partial charge in [0.25, 0.3) is 0 Å². The van der Waals surface area contributed by atoms with E-state index in [2.05, 4.69) is 69.7 Å². The van der Waals surface area contributed by atoms with Crippen molar-refractivity contribution >= 4 is 12.6 Å². The molecular weight excluding hydrogens is 190 g/mol. The van der Waals surface area contributed by atoms with E-state index in [0.29, 0.717) is 12.0 Å². The van der Waals surface area contributed by atoms with E-state index >= 15 is 0 Å². The molecule has 0 aromatic heterocycles. The van der Waals surface area contributed by atoms with E-state index in [4.69, 9.17) is 0 Å². The Labute approximate surface area is 92.6 Å². The second kappa shape index (κ2) is 4.74. The smallest absolute Gasteiger partial charge is 0.0488 e. The Hall–Kier alpha value is -0.630. The van der Waals surface area contributed by atoms with Gasteiger partial charge in [0.05, 0.1) is 0 Å². The zero-order valence-electron chi connectivity index (χ0n) is 9.36. The van der Waals surface area contributed by atoms with Gasteiger partial charge in [-0.05, 0) is 30.7 Å². The molecule has 0 radical (unpaired) electrons. The molecule has 0 aromatic carbocycles. The van der Waals surface area contributed by atoms with E-state index in [1.807, 2.05) is 0 Å². The highest BCUT2D eigenvalue weighted by atomic mass is 32.1. The van der Waals surface area contributed by atoms with Crippen molar-refractivity contribution in [2.75, 3.05) is 0 Å². The van der Waals surface area contributed by atoms with Gasteiger partial charge in [0, 0.05) is 17.9 Å². The summed E-state index contributed by atoms with van der Waals surface area (Å²) >= 11 is 4.46. The molecule has 0 fully saturated rings. The first kappa shape index (κ1) is 11.4. The maximum absolute atomic E-state index is 4.46. The van der Waals surface area contributed by atoms with Crippen molar-refractivity contribution < 1.29 is 0 Å². The fraction of sp³-hybridized carbons (Fsp3) is 0.500. The largest absolute Gasteiger partial charge is 0.344 e. The third-order valence-electron chi connectivity index (χ3n) is 2.38. The normalized spacial score (nSPS) is 23.0. The van der Waals surface area contributed by atoms with E-state index in [1.165, 1.54) is 5.70 Å². The van der Waals surface area contributed by atoms with Crippen molar-refractivity contribution in [3.8, 4) is 0 Å². The van der Waals surface area contributed by atoms with Gasteiger partial charge in [-0.15, -0.1) is 12.6 Å². The van der Waals surface area contributed by atoms with Crippen molar-refractivity contribution in [1.29, 1.82) is 0 Å². The fourth-order valence-corrected chi connectivity index (χ4v) is 2.17. The lowest BCUT2D eigenvalue weighted by Crippen LogP contribution is -2.30. The van der Waals surface area contributed by atoms with Crippen molar-refractivity contribution in [3.63, 3.8) is 0 Å². The quantitative estimate of drug-likeness (QED) is 0.680. The topological polar surface area (TPSA) is 3.24 Å². The Morgan fingerprint density at radius 2 is 2.00 bits per heavy atom. The summed E-state index contributed by atoms with van der Waals surface area (Å²) in [6.07, 6.45) is 8.48. The number of thiol groups is 1. The van der Waals surface area contributed by atoms with Gasteiger partial charge in [-0.2, -0.15) is 0 Å². The Morgan fingerprint density at radius 3 is 2.43 bits per heavy atom. The lowest BCUT2D eigenvalue weighted by atomic mass is 10.1. The van der Waals surface area contributed by atoms with E-state index in [-0.39, 0.29) is 0 Å². The molecule has 0 saturated carbocycles. The van der Waals surface area contributed by atoms with Gasteiger partial charge in [0.1, 0.15) is 0 Å². The predicted octanol–water partition coefficient (Wildman–Crippen LogP) is 3.58. The molecular formula is C12H19NS. The molecule has 0 aliphatic carbocycles. The van der Waals surface area contributed by atoms with Crippen molar-refractivity contribution in [3.05, 3.63) is 35.0 Å². The summed E-state index contributed by atoms with van der Waals surface area (Å²) in [5, 5.41) is 0. The van der Waals surface area contributed by atoms with Gasteiger partial charge in [-0.25, -0.2) is 0 Å². The van der Waals surface area contributed by atoms with E-state index < -0.39 is 0 Å². The zero-order chi connectivity index (χ0) is 10.7. The average Bonchev–Trinajstić information content (AvgIpc) is 2.07. The maximum atomic E-state index is 4.46. The summed E-state index contributed by atoms with van der Waals surface area (Å²) in [5.74, 6) is 0.506. The highest BCUT2D eigenvalue weighted by molar-refractivity contribution is 7.84. The molecule has 0 spiro atoms. The monoisotopic (exact) mass is 209 g/mol. The third-order valence-corrected chi connectivity index (χ3v) is 2.61. The van der Waals surface area contributed by atoms with Crippen LogP contribution in [-0.4, -0.2) is 10.9 Å². The summed E-state index contributed by atoms with van der Waals surface area (Å²) in [4.78, 5) is 3.39. The minimum Gasteiger partial charge on any atom is -0.344 e. The molecule has 0 aromatic rings. The second-order valence-electron chi connectivity index (χ2n) is 4.00. The van der Waals surface area contributed by atoms with Crippen LogP contribution < -0.4 is 0 Å². The predicted molar refractivity (Wildman–Crippen MR) is 66.1 cm³/mol. The first-order valence-corrected chi connectivity index (χ1v) is 5.51. The minimum absolute atomic E-state index is 0.430. The lowest BCUT2D eigenvalue weighted by Gasteiger charge is -2.33. The highest BCUT2D eigenvalue weighted by Crippen LogP contribution is 2.26. The number of rotatable bonds is 2. The molecule has 1 aliphatic rings. The SMILES string of the molecule is C/C(S)=C(/C(C)C)N1C=CC=CC1C. The van der Waals surface area contributed by atoms with Crippen LogP contribution in [0.1, 0.15) is 27.7 Å². The molecule has 0 bridgehead atoms. The van der Waals surface area contributed by atoms with Crippen LogP contribution in [0.5, 0.6) is 0 Å². The molecule has 1 rings (SSSR count). The van der Waals surface area contributed by atoms with Gasteiger partial charge < -0.3 is 4.90 Å². The minimum atomic E-state index is 0.430. The average molecular weight is 209 g/mol. The van der Waals surface area contributed by atoms with Crippen LogP contribution in [0.25, 0.3) is 0 Å². The molecule has 1 atom stereocenters. The first-order valence-electron chi connectivity index (χ1n) is 5.07. The third kappa shape index (κ3) is 2.44. The molecule has 1 aliphatic heterocycles. The maximum Gasteiger partial charge on any atom is 0.0488 e. The van der Waals surface area contributed by atoms with Crippen LogP contribution in [0.3, 0.4) is 0 Å². The van der Waals surface area contributed by atoms with E-state index in [1.54, 1.807) is 0 Å². The number of hydrogen-bond acceptors (Lipinski definition) is 2. The lowest BCUT2D eigenvalue weighted by molar-refractivity contribution is 0.369. The summed E-state index contributed by atoms with van der Waals surface area (Å²) < 4.78 is 0. The van der Waals surface area contributed by atoms with E-state index in [9.17, 15) is 0 Å². The number of nitrogens with zero attached hydrogens (tertiary/aromatic N) is 1. The summed E-state index contributed by atoms with van der Waals surface area (Å²) in [5.41, 5.74) is 1.31. The Bertz CT molecular complexity index is 283. The van der Waals surface area contributed by atoms with Gasteiger partial charge in [0.2, 0.25) is 0 Å². The van der Waals surface area contributed by atoms with Gasteiger partial charge in [0.15, 0.2) is 0 Å². The van der Waals surface area contributed by atoms with Crippen LogP contribution in [-0.2, 0) is 0 Å². The van der Waals surface area contributed by atoms with Crippen molar-refractivity contribution in [1.82, 2.24) is 4.90 Å². The van der Waals surface area contributed by atoms with Gasteiger partial charge in [-0.3, -0.25) is 0 Å². The molecule has 0 N–H and O–H groups in total. The van der Waals surface area contributed by atoms with Crippen LogP contribution in [0.15, 0.2) is 35.0 Å². The molecule has 1 nitrogen and oxygen atoms in total. The van der Waals surface area contributed by atoms with Crippen LogP contribution in [0, 0.1) is 5.92 Å². The molecule has 1 heterocycles. The number of hydrogen-bond donors (Lipinski definition) is 1. The molecule has 0 saturated heterocycles. The summed E-state index contributed by atoms with van der Waals surface area (Å²) in [6.45, 7) is 8.65. The second-order valence-corrected chi connectivity index (χ2v) is 4.67. The fourth-order valence-electron chi connectivity index (χ4n) is 1.80. The Balaban J connectivity index is 2.96. The summed E-state index contributed by atoms with van der Waals surface area (Å²) in [7, 11) is 0. The van der Waals surface area contributed by atoms with Gasteiger partial charge >= 0.3 is 0 Å².